The van der Waals surface area contributed by atoms with Crippen LogP contribution in [0.15, 0.2) is 0 Å². The molecule has 0 aromatic rings. The zero-order valence-electron chi connectivity index (χ0n) is 16.8. The maximum atomic E-state index is 12.3. The van der Waals surface area contributed by atoms with Gasteiger partial charge in [0.25, 0.3) is 0 Å². The van der Waals surface area contributed by atoms with Crippen LogP contribution in [0, 0.1) is 29.1 Å². The topological polar surface area (TPSA) is 105 Å². The normalized spacial score (nSPS) is 32.8. The summed E-state index contributed by atoms with van der Waals surface area (Å²) in [7, 11) is 1.29. The van der Waals surface area contributed by atoms with Gasteiger partial charge in [0, 0.05) is 18.3 Å². The SMILES string of the molecule is CCC(C)(C)C(=O)OCCCC(=O)OC1C2CC3C1OC(=O)C3C2C(=O)OC. The van der Waals surface area contributed by atoms with E-state index in [4.69, 9.17) is 18.9 Å². The van der Waals surface area contributed by atoms with Gasteiger partial charge in [-0.1, -0.05) is 6.92 Å². The summed E-state index contributed by atoms with van der Waals surface area (Å²) in [6, 6.07) is 0. The van der Waals surface area contributed by atoms with Gasteiger partial charge in [-0.3, -0.25) is 19.2 Å². The fourth-order valence-corrected chi connectivity index (χ4v) is 4.54. The summed E-state index contributed by atoms with van der Waals surface area (Å²) < 4.78 is 21.0. The highest BCUT2D eigenvalue weighted by Gasteiger charge is 2.70. The maximum absolute atomic E-state index is 12.3. The first-order valence-electron chi connectivity index (χ1n) is 9.86. The summed E-state index contributed by atoms with van der Waals surface area (Å²) in [6.07, 6.45) is 0.615. The van der Waals surface area contributed by atoms with Gasteiger partial charge in [-0.25, -0.2) is 0 Å². The summed E-state index contributed by atoms with van der Waals surface area (Å²) in [5.41, 5.74) is -0.546. The molecule has 0 aromatic heterocycles. The van der Waals surface area contributed by atoms with Gasteiger partial charge in [0.1, 0.15) is 12.2 Å². The zero-order valence-corrected chi connectivity index (χ0v) is 16.8. The third-order valence-electron chi connectivity index (χ3n) is 6.48. The molecule has 1 aliphatic heterocycles. The van der Waals surface area contributed by atoms with Crippen LogP contribution < -0.4 is 0 Å². The Balaban J connectivity index is 1.50. The van der Waals surface area contributed by atoms with E-state index in [1.807, 2.05) is 20.8 Å². The summed E-state index contributed by atoms with van der Waals surface area (Å²) in [4.78, 5) is 48.4. The first-order chi connectivity index (χ1) is 13.2. The van der Waals surface area contributed by atoms with E-state index in [1.54, 1.807) is 0 Å². The minimum Gasteiger partial charge on any atom is -0.469 e. The van der Waals surface area contributed by atoms with Crippen LogP contribution in [-0.4, -0.2) is 49.8 Å². The van der Waals surface area contributed by atoms with Crippen molar-refractivity contribution >= 4 is 23.9 Å². The lowest BCUT2D eigenvalue weighted by atomic mass is 9.78. The molecular formula is C20H28O8. The largest absolute Gasteiger partial charge is 0.469 e. The highest BCUT2D eigenvalue weighted by molar-refractivity contribution is 5.86. The Morgan fingerprint density at radius 1 is 1.21 bits per heavy atom. The van der Waals surface area contributed by atoms with E-state index in [0.717, 1.165) is 0 Å². The van der Waals surface area contributed by atoms with Crippen LogP contribution >= 0.6 is 0 Å². The Hall–Kier alpha value is -2.12. The van der Waals surface area contributed by atoms with Crippen molar-refractivity contribution < 1.29 is 38.1 Å². The van der Waals surface area contributed by atoms with E-state index in [2.05, 4.69) is 0 Å². The molecule has 0 N–H and O–H groups in total. The number of carbonyl (C=O) groups excluding carboxylic acids is 4. The molecule has 3 fully saturated rings. The van der Waals surface area contributed by atoms with Gasteiger partial charge < -0.3 is 18.9 Å². The molecule has 28 heavy (non-hydrogen) atoms. The first kappa shape index (κ1) is 20.6. The fourth-order valence-electron chi connectivity index (χ4n) is 4.54. The predicted octanol–water partition coefficient (Wildman–Crippen LogP) is 1.64. The smallest absolute Gasteiger partial charge is 0.311 e. The van der Waals surface area contributed by atoms with Crippen molar-refractivity contribution in [3.8, 4) is 0 Å². The fraction of sp³-hybridized carbons (Fsp3) is 0.800. The number of ether oxygens (including phenoxy) is 4. The minimum absolute atomic E-state index is 0.0840. The van der Waals surface area contributed by atoms with Crippen molar-refractivity contribution in [1.29, 1.82) is 0 Å². The summed E-state index contributed by atoms with van der Waals surface area (Å²) in [5, 5.41) is 0. The molecule has 1 saturated heterocycles. The second-order valence-corrected chi connectivity index (χ2v) is 8.47. The predicted molar refractivity (Wildman–Crippen MR) is 94.6 cm³/mol. The molecule has 1 heterocycles. The monoisotopic (exact) mass is 396 g/mol. The lowest BCUT2D eigenvalue weighted by molar-refractivity contribution is -0.165. The number of hydrogen-bond acceptors (Lipinski definition) is 8. The third-order valence-corrected chi connectivity index (χ3v) is 6.48. The average Bonchev–Trinajstić information content (AvgIpc) is 3.28. The van der Waals surface area contributed by atoms with Gasteiger partial charge >= 0.3 is 23.9 Å². The number of esters is 4. The molecule has 6 unspecified atom stereocenters. The molecule has 0 amide bonds. The minimum atomic E-state index is -0.620. The Bertz CT molecular complexity index is 669. The number of fused-ring (bicyclic) bond motifs is 1. The molecule has 3 rings (SSSR count). The lowest BCUT2D eigenvalue weighted by Gasteiger charge is -2.29. The van der Waals surface area contributed by atoms with E-state index in [9.17, 15) is 19.2 Å². The Morgan fingerprint density at radius 3 is 2.57 bits per heavy atom. The van der Waals surface area contributed by atoms with E-state index in [-0.39, 0.29) is 30.8 Å². The Morgan fingerprint density at radius 2 is 1.93 bits per heavy atom. The summed E-state index contributed by atoms with van der Waals surface area (Å²) >= 11 is 0. The van der Waals surface area contributed by atoms with E-state index in [0.29, 0.717) is 19.3 Å². The molecule has 8 nitrogen and oxygen atoms in total. The van der Waals surface area contributed by atoms with Crippen molar-refractivity contribution in [3.05, 3.63) is 0 Å². The molecule has 3 aliphatic rings. The zero-order chi connectivity index (χ0) is 20.6. The van der Waals surface area contributed by atoms with Crippen molar-refractivity contribution in [3.63, 3.8) is 0 Å². The van der Waals surface area contributed by atoms with Crippen LogP contribution in [0.1, 0.15) is 46.5 Å². The van der Waals surface area contributed by atoms with Crippen LogP contribution in [0.25, 0.3) is 0 Å². The third kappa shape index (κ3) is 3.49. The van der Waals surface area contributed by atoms with Crippen LogP contribution in [0.5, 0.6) is 0 Å². The molecule has 8 heteroatoms. The standard InChI is InChI=1S/C20H28O8/c1-5-20(2,3)19(24)26-8-6-7-12(21)27-15-10-9-11-14(13(10)17(22)25-4)18(23)28-16(11)15/h10-11,13-16H,5-9H2,1-4H3. The molecule has 156 valence electrons. The van der Waals surface area contributed by atoms with Crippen LogP contribution in [-0.2, 0) is 38.1 Å². The number of methoxy groups -OCH3 is 1. The lowest BCUT2D eigenvalue weighted by Crippen LogP contribution is -2.43. The molecule has 2 bridgehead atoms. The highest BCUT2D eigenvalue weighted by atomic mass is 16.6. The highest BCUT2D eigenvalue weighted by Crippen LogP contribution is 2.58. The van der Waals surface area contributed by atoms with Crippen LogP contribution in [0.4, 0.5) is 0 Å². The van der Waals surface area contributed by atoms with E-state index < -0.39 is 47.4 Å². The molecule has 0 spiro atoms. The van der Waals surface area contributed by atoms with Crippen molar-refractivity contribution in [2.75, 3.05) is 13.7 Å². The van der Waals surface area contributed by atoms with Gasteiger partial charge in [0.05, 0.1) is 31.0 Å². The van der Waals surface area contributed by atoms with Crippen molar-refractivity contribution in [2.45, 2.75) is 58.7 Å². The molecule has 0 aromatic carbocycles. The Labute approximate surface area is 164 Å². The molecule has 2 saturated carbocycles. The van der Waals surface area contributed by atoms with E-state index >= 15 is 0 Å². The van der Waals surface area contributed by atoms with Crippen LogP contribution in [0.3, 0.4) is 0 Å². The van der Waals surface area contributed by atoms with Gasteiger partial charge in [0.2, 0.25) is 0 Å². The first-order valence-corrected chi connectivity index (χ1v) is 9.86. The van der Waals surface area contributed by atoms with Gasteiger partial charge in [0.15, 0.2) is 0 Å². The summed E-state index contributed by atoms with van der Waals surface area (Å²) in [5.74, 6) is -3.07. The quantitative estimate of drug-likeness (QED) is 0.346. The average molecular weight is 396 g/mol. The maximum Gasteiger partial charge on any atom is 0.311 e. The van der Waals surface area contributed by atoms with Gasteiger partial charge in [-0.15, -0.1) is 0 Å². The van der Waals surface area contributed by atoms with Crippen molar-refractivity contribution in [1.82, 2.24) is 0 Å². The number of rotatable bonds is 8. The second-order valence-electron chi connectivity index (χ2n) is 8.47. The molecular weight excluding hydrogens is 368 g/mol. The van der Waals surface area contributed by atoms with Gasteiger partial charge in [-0.2, -0.15) is 0 Å². The van der Waals surface area contributed by atoms with Gasteiger partial charge in [-0.05, 0) is 33.1 Å². The number of hydrogen-bond donors (Lipinski definition) is 0. The molecule has 2 aliphatic carbocycles. The molecule has 6 atom stereocenters. The number of carbonyl (C=O) groups is 4. The molecule has 0 radical (unpaired) electrons. The summed E-state index contributed by atoms with van der Waals surface area (Å²) in [6.45, 7) is 5.68. The Kier molecular flexibility index (Phi) is 5.68. The second kappa shape index (κ2) is 7.72. The van der Waals surface area contributed by atoms with Crippen molar-refractivity contribution in [2.24, 2.45) is 29.1 Å². The van der Waals surface area contributed by atoms with Crippen LogP contribution in [0.2, 0.25) is 0 Å². The van der Waals surface area contributed by atoms with E-state index in [1.165, 1.54) is 7.11 Å².